The van der Waals surface area contributed by atoms with Gasteiger partial charge in [-0.05, 0) is 35.2 Å². The molecule has 0 atom stereocenters. The van der Waals surface area contributed by atoms with Gasteiger partial charge in [0.2, 0.25) is 0 Å². The lowest BCUT2D eigenvalue weighted by molar-refractivity contribution is 1.28. The van der Waals surface area contributed by atoms with Gasteiger partial charge in [-0.1, -0.05) is 24.3 Å². The van der Waals surface area contributed by atoms with Gasteiger partial charge in [0.25, 0.3) is 5.56 Å². The van der Waals surface area contributed by atoms with E-state index in [0.717, 1.165) is 27.5 Å². The van der Waals surface area contributed by atoms with Gasteiger partial charge in [0.05, 0.1) is 11.0 Å². The summed E-state index contributed by atoms with van der Waals surface area (Å²) in [6.45, 7) is 0. The first-order valence-corrected chi connectivity index (χ1v) is 6.64. The number of rotatable bonds is 1. The first-order valence-electron chi connectivity index (χ1n) is 6.64. The average Bonchev–Trinajstić information content (AvgIpc) is 2.54. The fraction of sp³-hybridized carbons (Fsp3) is 0. The van der Waals surface area contributed by atoms with Crippen LogP contribution in [0.5, 0.6) is 0 Å². The highest BCUT2D eigenvalue weighted by atomic mass is 16.1. The molecule has 2 aromatic heterocycles. The minimum Gasteiger partial charge on any atom is -0.321 e. The second-order valence-corrected chi connectivity index (χ2v) is 4.86. The summed E-state index contributed by atoms with van der Waals surface area (Å²) in [6, 6.07) is 15.3. The van der Waals surface area contributed by atoms with Crippen LogP contribution >= 0.6 is 0 Å². The third-order valence-corrected chi connectivity index (χ3v) is 3.53. The average molecular weight is 273 g/mol. The van der Waals surface area contributed by atoms with E-state index in [1.807, 2.05) is 48.5 Å². The summed E-state index contributed by atoms with van der Waals surface area (Å²) in [5.41, 5.74) is 3.82. The molecule has 0 fully saturated rings. The van der Waals surface area contributed by atoms with Crippen molar-refractivity contribution in [3.63, 3.8) is 0 Å². The van der Waals surface area contributed by atoms with Crippen molar-refractivity contribution in [2.75, 3.05) is 0 Å². The summed E-state index contributed by atoms with van der Waals surface area (Å²) in [5, 5.41) is 1.01. The van der Waals surface area contributed by atoms with Crippen LogP contribution in [-0.4, -0.2) is 15.0 Å². The van der Waals surface area contributed by atoms with E-state index < -0.39 is 0 Å². The smallest absolute Gasteiger partial charge is 0.256 e. The Kier molecular flexibility index (Phi) is 2.54. The van der Waals surface area contributed by atoms with Gasteiger partial charge in [0, 0.05) is 23.5 Å². The number of aromatic nitrogens is 3. The van der Waals surface area contributed by atoms with Crippen LogP contribution in [0.1, 0.15) is 0 Å². The Morgan fingerprint density at radius 1 is 0.857 bits per heavy atom. The zero-order valence-corrected chi connectivity index (χ0v) is 11.1. The molecule has 2 aromatic carbocycles. The Morgan fingerprint density at radius 2 is 1.67 bits per heavy atom. The van der Waals surface area contributed by atoms with Crippen molar-refractivity contribution in [3.05, 3.63) is 71.3 Å². The van der Waals surface area contributed by atoms with Gasteiger partial charge in [-0.25, -0.2) is 0 Å². The Labute approximate surface area is 120 Å². The van der Waals surface area contributed by atoms with E-state index >= 15 is 0 Å². The van der Waals surface area contributed by atoms with E-state index in [1.54, 1.807) is 12.4 Å². The first kappa shape index (κ1) is 11.8. The number of nitrogens with one attached hydrogen (secondary N) is 1. The van der Waals surface area contributed by atoms with Gasteiger partial charge >= 0.3 is 0 Å². The maximum absolute atomic E-state index is 12.3. The number of hydrogen-bond acceptors (Lipinski definition) is 3. The van der Waals surface area contributed by atoms with Crippen molar-refractivity contribution in [1.29, 1.82) is 0 Å². The van der Waals surface area contributed by atoms with Crippen molar-refractivity contribution in [1.82, 2.24) is 15.0 Å². The topological polar surface area (TPSA) is 58.6 Å². The van der Waals surface area contributed by atoms with Gasteiger partial charge in [-0.2, -0.15) is 0 Å². The number of nitrogens with zero attached hydrogens (tertiary/aromatic N) is 2. The number of H-pyrrole nitrogens is 1. The fourth-order valence-corrected chi connectivity index (χ4v) is 2.49. The van der Waals surface area contributed by atoms with Crippen molar-refractivity contribution >= 4 is 21.9 Å². The second-order valence-electron chi connectivity index (χ2n) is 4.86. The highest BCUT2D eigenvalue weighted by Gasteiger charge is 2.07. The fourth-order valence-electron chi connectivity index (χ4n) is 2.49. The third kappa shape index (κ3) is 1.97. The normalized spacial score (nSPS) is 11.0. The molecule has 1 N–H and O–H groups in total. The van der Waals surface area contributed by atoms with Gasteiger partial charge in [0.15, 0.2) is 0 Å². The van der Waals surface area contributed by atoms with Crippen molar-refractivity contribution in [2.45, 2.75) is 0 Å². The van der Waals surface area contributed by atoms with E-state index in [0.29, 0.717) is 5.56 Å². The summed E-state index contributed by atoms with van der Waals surface area (Å²) in [7, 11) is 0. The van der Waals surface area contributed by atoms with Crippen LogP contribution in [0.4, 0.5) is 0 Å². The molecule has 0 aliphatic heterocycles. The van der Waals surface area contributed by atoms with Crippen LogP contribution < -0.4 is 5.56 Å². The summed E-state index contributed by atoms with van der Waals surface area (Å²) in [4.78, 5) is 23.7. The van der Waals surface area contributed by atoms with Crippen molar-refractivity contribution in [2.24, 2.45) is 0 Å². The molecule has 0 bridgehead atoms. The highest BCUT2D eigenvalue weighted by Crippen LogP contribution is 2.22. The van der Waals surface area contributed by atoms with Crippen LogP contribution in [-0.2, 0) is 0 Å². The molecule has 0 saturated carbocycles. The van der Waals surface area contributed by atoms with Crippen LogP contribution in [0.25, 0.3) is 33.1 Å². The largest absolute Gasteiger partial charge is 0.321 e. The molecule has 100 valence electrons. The van der Waals surface area contributed by atoms with E-state index in [9.17, 15) is 4.79 Å². The molecule has 0 saturated heterocycles. The predicted octanol–water partition coefficient (Wildman–Crippen LogP) is 3.14. The number of aromatic amines is 1. The molecule has 0 aliphatic carbocycles. The minimum absolute atomic E-state index is 0.100. The standard InChI is InChI=1S/C17H11N3O/c21-17-13(9-12-3-1-2-4-14(12)20-17)11-5-6-15-16(10-11)19-8-7-18-15/h1-10H,(H,20,21). The zero-order valence-electron chi connectivity index (χ0n) is 11.1. The van der Waals surface area contributed by atoms with Crippen LogP contribution in [0.15, 0.2) is 65.7 Å². The zero-order chi connectivity index (χ0) is 14.2. The summed E-state index contributed by atoms with van der Waals surface area (Å²) in [6.07, 6.45) is 3.31. The van der Waals surface area contributed by atoms with Crippen molar-refractivity contribution in [3.8, 4) is 11.1 Å². The van der Waals surface area contributed by atoms with E-state index in [4.69, 9.17) is 0 Å². The van der Waals surface area contributed by atoms with Crippen LogP contribution in [0.3, 0.4) is 0 Å². The monoisotopic (exact) mass is 273 g/mol. The summed E-state index contributed by atoms with van der Waals surface area (Å²) in [5.74, 6) is 0. The molecule has 4 rings (SSSR count). The lowest BCUT2D eigenvalue weighted by Crippen LogP contribution is -2.08. The van der Waals surface area contributed by atoms with Crippen molar-refractivity contribution < 1.29 is 0 Å². The van der Waals surface area contributed by atoms with Gasteiger partial charge in [0.1, 0.15) is 0 Å². The Hall–Kier alpha value is -3.01. The number of fused-ring (bicyclic) bond motifs is 2. The summed E-state index contributed by atoms with van der Waals surface area (Å²) >= 11 is 0. The maximum atomic E-state index is 12.3. The van der Waals surface area contributed by atoms with Crippen LogP contribution in [0, 0.1) is 0 Å². The number of para-hydroxylation sites is 1. The Balaban J connectivity index is 1.99. The molecule has 4 aromatic rings. The second kappa shape index (κ2) is 4.52. The van der Waals surface area contributed by atoms with Gasteiger partial charge in [-0.15, -0.1) is 0 Å². The predicted molar refractivity (Wildman–Crippen MR) is 83.1 cm³/mol. The lowest BCUT2D eigenvalue weighted by Gasteiger charge is -2.04. The van der Waals surface area contributed by atoms with Gasteiger partial charge in [-0.3, -0.25) is 14.8 Å². The van der Waals surface area contributed by atoms with E-state index in [2.05, 4.69) is 15.0 Å². The lowest BCUT2D eigenvalue weighted by atomic mass is 10.0. The molecule has 0 aliphatic rings. The molecule has 4 nitrogen and oxygen atoms in total. The summed E-state index contributed by atoms with van der Waals surface area (Å²) < 4.78 is 0. The van der Waals surface area contributed by atoms with Crippen LogP contribution in [0.2, 0.25) is 0 Å². The molecule has 21 heavy (non-hydrogen) atoms. The molecule has 2 heterocycles. The molecule has 0 unspecified atom stereocenters. The third-order valence-electron chi connectivity index (χ3n) is 3.53. The quantitative estimate of drug-likeness (QED) is 0.579. The number of pyridine rings is 1. The molecule has 0 amide bonds. The Morgan fingerprint density at radius 3 is 2.57 bits per heavy atom. The number of hydrogen-bond donors (Lipinski definition) is 1. The molecule has 0 spiro atoms. The molecular weight excluding hydrogens is 262 g/mol. The molecule has 4 heteroatoms. The SMILES string of the molecule is O=c1[nH]c2ccccc2cc1-c1ccc2nccnc2c1. The Bertz CT molecular complexity index is 1020. The highest BCUT2D eigenvalue weighted by molar-refractivity contribution is 5.86. The number of benzene rings is 2. The van der Waals surface area contributed by atoms with E-state index in [-0.39, 0.29) is 5.56 Å². The molecular formula is C17H11N3O. The van der Waals surface area contributed by atoms with E-state index in [1.165, 1.54) is 0 Å². The molecule has 0 radical (unpaired) electrons. The first-order chi connectivity index (χ1) is 10.3. The van der Waals surface area contributed by atoms with Gasteiger partial charge < -0.3 is 4.98 Å². The minimum atomic E-state index is -0.100. The maximum Gasteiger partial charge on any atom is 0.256 e.